The highest BCUT2D eigenvalue weighted by Crippen LogP contribution is 2.23. The van der Waals surface area contributed by atoms with Crippen molar-refractivity contribution >= 4 is 21.4 Å². The lowest BCUT2D eigenvalue weighted by atomic mass is 10.1. The first-order chi connectivity index (χ1) is 10.2. The van der Waals surface area contributed by atoms with Gasteiger partial charge in [0.2, 0.25) is 0 Å². The van der Waals surface area contributed by atoms with Crippen molar-refractivity contribution in [2.75, 3.05) is 7.11 Å². The molecule has 0 saturated heterocycles. The minimum absolute atomic E-state index is 0.892. The molecule has 1 aromatic carbocycles. The summed E-state index contributed by atoms with van der Waals surface area (Å²) in [4.78, 5) is 4.66. The number of rotatable bonds is 4. The quantitative estimate of drug-likeness (QED) is 0.709. The zero-order valence-electron chi connectivity index (χ0n) is 12.1. The van der Waals surface area contributed by atoms with Gasteiger partial charge in [0.1, 0.15) is 16.2 Å². The number of halogens is 1. The summed E-state index contributed by atoms with van der Waals surface area (Å²) in [6, 6.07) is 12.4. The molecule has 0 fully saturated rings. The molecule has 3 rings (SSSR count). The fourth-order valence-corrected chi connectivity index (χ4v) is 3.28. The van der Waals surface area contributed by atoms with Gasteiger partial charge in [-0.1, -0.05) is 18.2 Å². The largest absolute Gasteiger partial charge is 0.497 e. The Kier molecular flexibility index (Phi) is 3.97. The second-order valence-corrected chi connectivity index (χ2v) is 5.83. The Morgan fingerprint density at radius 3 is 2.86 bits per heavy atom. The molecular formula is C17H17BrN2O. The molecule has 0 aliphatic carbocycles. The Hall–Kier alpha value is -1.81. The van der Waals surface area contributed by atoms with Gasteiger partial charge in [-0.25, -0.2) is 4.98 Å². The topological polar surface area (TPSA) is 26.5 Å². The minimum Gasteiger partial charge on any atom is -0.497 e. The first-order valence-electron chi connectivity index (χ1n) is 6.94. The molecule has 0 aliphatic rings. The molecular weight excluding hydrogens is 328 g/mol. The molecule has 0 radical (unpaired) electrons. The third kappa shape index (κ3) is 2.81. The van der Waals surface area contributed by atoms with Crippen LogP contribution in [0.25, 0.3) is 5.52 Å². The van der Waals surface area contributed by atoms with Crippen molar-refractivity contribution in [2.24, 2.45) is 0 Å². The maximum absolute atomic E-state index is 5.27. The Morgan fingerprint density at radius 1 is 1.19 bits per heavy atom. The number of imidazole rings is 1. The number of aryl methyl sites for hydroxylation is 3. The molecule has 0 aliphatic heterocycles. The molecule has 2 heterocycles. The summed E-state index contributed by atoms with van der Waals surface area (Å²) in [5.41, 5.74) is 3.64. The van der Waals surface area contributed by atoms with Crippen LogP contribution in [0.4, 0.5) is 0 Å². The Morgan fingerprint density at radius 2 is 2.05 bits per heavy atom. The van der Waals surface area contributed by atoms with E-state index in [1.54, 1.807) is 7.11 Å². The Bertz CT molecular complexity index is 780. The molecule has 3 aromatic rings. The minimum atomic E-state index is 0.892. The summed E-state index contributed by atoms with van der Waals surface area (Å²) < 4.78 is 8.35. The van der Waals surface area contributed by atoms with E-state index in [0.29, 0.717) is 0 Å². The molecule has 0 spiro atoms. The summed E-state index contributed by atoms with van der Waals surface area (Å²) in [6.07, 6.45) is 3.90. The fraction of sp³-hybridized carbons (Fsp3) is 0.235. The predicted molar refractivity (Wildman–Crippen MR) is 88.0 cm³/mol. The van der Waals surface area contributed by atoms with Crippen molar-refractivity contribution in [3.63, 3.8) is 0 Å². The van der Waals surface area contributed by atoms with Crippen molar-refractivity contribution in [1.82, 2.24) is 9.38 Å². The van der Waals surface area contributed by atoms with Gasteiger partial charge < -0.3 is 9.14 Å². The van der Waals surface area contributed by atoms with Crippen LogP contribution in [0, 0.1) is 6.92 Å². The summed E-state index contributed by atoms with van der Waals surface area (Å²) in [5, 5.41) is 0. The Labute approximate surface area is 132 Å². The predicted octanol–water partition coefficient (Wildman–Crippen LogP) is 4.20. The maximum atomic E-state index is 5.27. The molecule has 0 unspecified atom stereocenters. The van der Waals surface area contributed by atoms with Crippen LogP contribution in [0.1, 0.15) is 17.0 Å². The summed E-state index contributed by atoms with van der Waals surface area (Å²) >= 11 is 3.57. The number of fused-ring (bicyclic) bond motifs is 1. The van der Waals surface area contributed by atoms with Gasteiger partial charge in [0, 0.05) is 12.6 Å². The van der Waals surface area contributed by atoms with Crippen LogP contribution in [-0.2, 0) is 12.8 Å². The maximum Gasteiger partial charge on any atom is 0.132 e. The van der Waals surface area contributed by atoms with E-state index in [-0.39, 0.29) is 0 Å². The lowest BCUT2D eigenvalue weighted by Crippen LogP contribution is -1.98. The highest BCUT2D eigenvalue weighted by molar-refractivity contribution is 9.10. The summed E-state index contributed by atoms with van der Waals surface area (Å²) in [5.74, 6) is 1.97. The number of nitrogens with zero attached hydrogens (tertiary/aromatic N) is 2. The lowest BCUT2D eigenvalue weighted by Gasteiger charge is -2.05. The van der Waals surface area contributed by atoms with E-state index in [9.17, 15) is 0 Å². The summed E-state index contributed by atoms with van der Waals surface area (Å²) in [7, 11) is 1.70. The van der Waals surface area contributed by atoms with E-state index in [4.69, 9.17) is 4.74 Å². The standard InChI is InChI=1S/C17H17BrN2O/c1-12-5-4-10-20-15(19-17(18)16(12)20)9-8-13-6-3-7-14(11-13)21-2/h3-7,10-11H,8-9H2,1-2H3. The van der Waals surface area contributed by atoms with Gasteiger partial charge in [-0.05, 0) is 58.6 Å². The zero-order valence-corrected chi connectivity index (χ0v) is 13.7. The molecule has 21 heavy (non-hydrogen) atoms. The van der Waals surface area contributed by atoms with Crippen LogP contribution in [0.3, 0.4) is 0 Å². The first kappa shape index (κ1) is 14.1. The van der Waals surface area contributed by atoms with E-state index in [0.717, 1.165) is 34.5 Å². The van der Waals surface area contributed by atoms with Gasteiger partial charge in [0.25, 0.3) is 0 Å². The molecule has 0 atom stereocenters. The number of methoxy groups -OCH3 is 1. The van der Waals surface area contributed by atoms with E-state index in [1.807, 2.05) is 12.1 Å². The average Bonchev–Trinajstić information content (AvgIpc) is 2.83. The second kappa shape index (κ2) is 5.90. The van der Waals surface area contributed by atoms with Gasteiger partial charge in [-0.3, -0.25) is 0 Å². The van der Waals surface area contributed by atoms with Crippen molar-refractivity contribution in [1.29, 1.82) is 0 Å². The highest BCUT2D eigenvalue weighted by atomic mass is 79.9. The van der Waals surface area contributed by atoms with Crippen LogP contribution in [0.5, 0.6) is 5.75 Å². The molecule has 0 amide bonds. The van der Waals surface area contributed by atoms with Crippen LogP contribution in [0.15, 0.2) is 47.2 Å². The Balaban J connectivity index is 1.87. The third-order valence-corrected chi connectivity index (χ3v) is 4.22. The van der Waals surface area contributed by atoms with Crippen molar-refractivity contribution < 1.29 is 4.74 Å². The van der Waals surface area contributed by atoms with Crippen LogP contribution >= 0.6 is 15.9 Å². The average molecular weight is 345 g/mol. The number of hydrogen-bond donors (Lipinski definition) is 0. The van der Waals surface area contributed by atoms with Crippen LogP contribution < -0.4 is 4.74 Å². The number of ether oxygens (including phenoxy) is 1. The van der Waals surface area contributed by atoms with E-state index < -0.39 is 0 Å². The van der Waals surface area contributed by atoms with Gasteiger partial charge in [0.15, 0.2) is 0 Å². The van der Waals surface area contributed by atoms with Gasteiger partial charge in [-0.15, -0.1) is 0 Å². The van der Waals surface area contributed by atoms with Gasteiger partial charge in [-0.2, -0.15) is 0 Å². The van der Waals surface area contributed by atoms with Crippen LogP contribution in [-0.4, -0.2) is 16.5 Å². The number of hydrogen-bond acceptors (Lipinski definition) is 2. The van der Waals surface area contributed by atoms with Gasteiger partial charge >= 0.3 is 0 Å². The fourth-order valence-electron chi connectivity index (χ4n) is 2.57. The van der Waals surface area contributed by atoms with Crippen molar-refractivity contribution in [2.45, 2.75) is 19.8 Å². The van der Waals surface area contributed by atoms with E-state index >= 15 is 0 Å². The van der Waals surface area contributed by atoms with E-state index in [2.05, 4.69) is 62.7 Å². The second-order valence-electron chi connectivity index (χ2n) is 5.08. The monoisotopic (exact) mass is 344 g/mol. The lowest BCUT2D eigenvalue weighted by molar-refractivity contribution is 0.414. The SMILES string of the molecule is COc1cccc(CCc2nc(Br)c3c(C)cccn23)c1. The first-order valence-corrected chi connectivity index (χ1v) is 7.73. The number of aromatic nitrogens is 2. The molecule has 4 heteroatoms. The molecule has 3 nitrogen and oxygen atoms in total. The number of pyridine rings is 1. The van der Waals surface area contributed by atoms with E-state index in [1.165, 1.54) is 11.1 Å². The summed E-state index contributed by atoms with van der Waals surface area (Å²) in [6.45, 7) is 2.10. The smallest absolute Gasteiger partial charge is 0.132 e. The van der Waals surface area contributed by atoms with Crippen molar-refractivity contribution in [3.8, 4) is 5.75 Å². The highest BCUT2D eigenvalue weighted by Gasteiger charge is 2.10. The molecule has 108 valence electrons. The molecule has 0 bridgehead atoms. The van der Waals surface area contributed by atoms with Gasteiger partial charge in [0.05, 0.1) is 12.6 Å². The van der Waals surface area contributed by atoms with Crippen LogP contribution in [0.2, 0.25) is 0 Å². The molecule has 2 aromatic heterocycles. The molecule has 0 saturated carbocycles. The van der Waals surface area contributed by atoms with Crippen molar-refractivity contribution in [3.05, 3.63) is 64.1 Å². The molecule has 0 N–H and O–H groups in total. The number of benzene rings is 1. The zero-order chi connectivity index (χ0) is 14.8. The third-order valence-electron chi connectivity index (χ3n) is 3.67. The normalized spacial score (nSPS) is 11.0.